The van der Waals surface area contributed by atoms with Crippen LogP contribution in [-0.4, -0.2) is 34.8 Å². The molecule has 0 bridgehead atoms. The standard InChI is InChI=1S/C10H15N3O2/c1-12(5-4-10(14)15-3)7-9-6-11-13(2)8-9/h4-6,8H,7H2,1-3H3. The van der Waals surface area contributed by atoms with Crippen LogP contribution in [0.2, 0.25) is 0 Å². The molecule has 0 atom stereocenters. The molecule has 15 heavy (non-hydrogen) atoms. The molecule has 0 fully saturated rings. The molecule has 1 heterocycles. The molecule has 5 nitrogen and oxygen atoms in total. The molecule has 1 rings (SSSR count). The fraction of sp³-hybridized carbons (Fsp3) is 0.400. The van der Waals surface area contributed by atoms with Crippen molar-refractivity contribution in [2.24, 2.45) is 7.05 Å². The molecule has 0 unspecified atom stereocenters. The van der Waals surface area contributed by atoms with Gasteiger partial charge in [-0.15, -0.1) is 0 Å². The van der Waals surface area contributed by atoms with E-state index in [0.717, 1.165) is 5.56 Å². The van der Waals surface area contributed by atoms with Gasteiger partial charge in [-0.25, -0.2) is 4.79 Å². The van der Waals surface area contributed by atoms with Crippen LogP contribution >= 0.6 is 0 Å². The highest BCUT2D eigenvalue weighted by atomic mass is 16.5. The lowest BCUT2D eigenvalue weighted by atomic mass is 10.3. The molecular weight excluding hydrogens is 194 g/mol. The maximum absolute atomic E-state index is 10.8. The van der Waals surface area contributed by atoms with Gasteiger partial charge in [-0.05, 0) is 0 Å². The van der Waals surface area contributed by atoms with Gasteiger partial charge in [0.15, 0.2) is 0 Å². The van der Waals surface area contributed by atoms with E-state index < -0.39 is 0 Å². The molecule has 1 aromatic rings. The van der Waals surface area contributed by atoms with Crippen molar-refractivity contribution >= 4 is 5.97 Å². The third kappa shape index (κ3) is 3.84. The highest BCUT2D eigenvalue weighted by Crippen LogP contribution is 2.01. The molecule has 0 aliphatic rings. The van der Waals surface area contributed by atoms with E-state index in [0.29, 0.717) is 6.54 Å². The van der Waals surface area contributed by atoms with Crippen LogP contribution in [0.1, 0.15) is 5.56 Å². The van der Waals surface area contributed by atoms with E-state index in [1.54, 1.807) is 17.1 Å². The number of nitrogens with zero attached hydrogens (tertiary/aromatic N) is 3. The molecule has 0 amide bonds. The minimum atomic E-state index is -0.354. The predicted octanol–water partition coefficient (Wildman–Crippen LogP) is 0.539. The molecule has 82 valence electrons. The first-order valence-corrected chi connectivity index (χ1v) is 4.55. The van der Waals surface area contributed by atoms with Gasteiger partial charge in [0.1, 0.15) is 0 Å². The lowest BCUT2D eigenvalue weighted by Gasteiger charge is -2.11. The Hall–Kier alpha value is -1.78. The second kappa shape index (κ2) is 5.19. The van der Waals surface area contributed by atoms with Crippen LogP contribution in [0.15, 0.2) is 24.7 Å². The summed E-state index contributed by atoms with van der Waals surface area (Å²) < 4.78 is 6.23. The van der Waals surface area contributed by atoms with Gasteiger partial charge in [0.05, 0.1) is 13.3 Å². The van der Waals surface area contributed by atoms with Gasteiger partial charge in [0, 0.05) is 44.7 Å². The molecule has 0 aliphatic carbocycles. The fourth-order valence-electron chi connectivity index (χ4n) is 1.15. The number of hydrogen-bond donors (Lipinski definition) is 0. The maximum atomic E-state index is 10.8. The topological polar surface area (TPSA) is 47.4 Å². The molecule has 0 saturated heterocycles. The van der Waals surface area contributed by atoms with Crippen molar-refractivity contribution in [2.75, 3.05) is 14.2 Å². The van der Waals surface area contributed by atoms with Crippen LogP contribution in [0.5, 0.6) is 0 Å². The number of carbonyl (C=O) groups is 1. The number of ether oxygens (including phenoxy) is 1. The van der Waals surface area contributed by atoms with Crippen LogP contribution in [-0.2, 0) is 23.1 Å². The van der Waals surface area contributed by atoms with Gasteiger partial charge >= 0.3 is 5.97 Å². The Kier molecular flexibility index (Phi) is 3.91. The lowest BCUT2D eigenvalue weighted by molar-refractivity contribution is -0.134. The molecule has 0 saturated carbocycles. The molecular formula is C10H15N3O2. The Bertz CT molecular complexity index is 357. The summed E-state index contributed by atoms with van der Waals surface area (Å²) in [5, 5.41) is 4.06. The van der Waals surface area contributed by atoms with Gasteiger partial charge in [0.25, 0.3) is 0 Å². The minimum Gasteiger partial charge on any atom is -0.466 e. The van der Waals surface area contributed by atoms with Gasteiger partial charge in [0.2, 0.25) is 0 Å². The Balaban J connectivity index is 2.45. The molecule has 1 aromatic heterocycles. The lowest BCUT2D eigenvalue weighted by Crippen LogP contribution is -2.10. The Labute approximate surface area is 88.9 Å². The summed E-state index contributed by atoms with van der Waals surface area (Å²) in [6, 6.07) is 0. The third-order valence-corrected chi connectivity index (χ3v) is 1.86. The number of esters is 1. The quantitative estimate of drug-likeness (QED) is 0.536. The Morgan fingerprint density at radius 3 is 3.00 bits per heavy atom. The minimum absolute atomic E-state index is 0.354. The van der Waals surface area contributed by atoms with Gasteiger partial charge in [-0.3, -0.25) is 4.68 Å². The Morgan fingerprint density at radius 1 is 1.73 bits per heavy atom. The summed E-state index contributed by atoms with van der Waals surface area (Å²) in [6.45, 7) is 0.710. The SMILES string of the molecule is COC(=O)C=CN(C)Cc1cnn(C)c1. The molecule has 0 spiro atoms. The van der Waals surface area contributed by atoms with E-state index in [1.165, 1.54) is 13.2 Å². The molecule has 0 radical (unpaired) electrons. The number of hydrogen-bond acceptors (Lipinski definition) is 4. The fourth-order valence-corrected chi connectivity index (χ4v) is 1.15. The predicted molar refractivity (Wildman–Crippen MR) is 55.8 cm³/mol. The van der Waals surface area contributed by atoms with Crippen molar-refractivity contribution in [2.45, 2.75) is 6.54 Å². The summed E-state index contributed by atoms with van der Waals surface area (Å²) in [4.78, 5) is 12.7. The first-order chi connectivity index (χ1) is 7.11. The zero-order valence-electron chi connectivity index (χ0n) is 9.17. The summed E-state index contributed by atoms with van der Waals surface area (Å²) >= 11 is 0. The normalized spacial score (nSPS) is 10.6. The van der Waals surface area contributed by atoms with E-state index in [2.05, 4.69) is 9.84 Å². The second-order valence-electron chi connectivity index (χ2n) is 3.28. The summed E-state index contributed by atoms with van der Waals surface area (Å²) in [5.41, 5.74) is 1.09. The average Bonchev–Trinajstić information content (AvgIpc) is 2.60. The molecule has 0 N–H and O–H groups in total. The summed E-state index contributed by atoms with van der Waals surface area (Å²) in [5.74, 6) is -0.354. The van der Waals surface area contributed by atoms with Crippen molar-refractivity contribution in [3.8, 4) is 0 Å². The van der Waals surface area contributed by atoms with Gasteiger partial charge in [-0.1, -0.05) is 0 Å². The number of aromatic nitrogens is 2. The van der Waals surface area contributed by atoms with E-state index in [1.807, 2.05) is 25.2 Å². The van der Waals surface area contributed by atoms with E-state index in [4.69, 9.17) is 0 Å². The number of aryl methyl sites for hydroxylation is 1. The molecule has 0 aromatic carbocycles. The summed E-state index contributed by atoms with van der Waals surface area (Å²) in [6.07, 6.45) is 6.79. The van der Waals surface area contributed by atoms with E-state index in [9.17, 15) is 4.79 Å². The van der Waals surface area contributed by atoms with Gasteiger partial charge in [-0.2, -0.15) is 5.10 Å². The number of carbonyl (C=O) groups excluding carboxylic acids is 1. The van der Waals surface area contributed by atoms with Gasteiger partial charge < -0.3 is 9.64 Å². The summed E-state index contributed by atoms with van der Waals surface area (Å²) in [7, 11) is 5.11. The second-order valence-corrected chi connectivity index (χ2v) is 3.28. The maximum Gasteiger partial charge on any atom is 0.331 e. The first-order valence-electron chi connectivity index (χ1n) is 4.55. The number of rotatable bonds is 4. The van der Waals surface area contributed by atoms with Crippen LogP contribution in [0, 0.1) is 0 Å². The average molecular weight is 209 g/mol. The van der Waals surface area contributed by atoms with Crippen molar-refractivity contribution in [3.05, 3.63) is 30.2 Å². The Morgan fingerprint density at radius 2 is 2.47 bits per heavy atom. The zero-order valence-corrected chi connectivity index (χ0v) is 9.17. The van der Waals surface area contributed by atoms with Crippen LogP contribution in [0.25, 0.3) is 0 Å². The molecule has 0 aliphatic heterocycles. The van der Waals surface area contributed by atoms with Crippen LogP contribution < -0.4 is 0 Å². The largest absolute Gasteiger partial charge is 0.466 e. The highest BCUT2D eigenvalue weighted by molar-refractivity contribution is 5.81. The first kappa shape index (κ1) is 11.3. The number of methoxy groups -OCH3 is 1. The highest BCUT2D eigenvalue weighted by Gasteiger charge is 1.99. The van der Waals surface area contributed by atoms with Crippen molar-refractivity contribution < 1.29 is 9.53 Å². The van der Waals surface area contributed by atoms with E-state index in [-0.39, 0.29) is 5.97 Å². The smallest absolute Gasteiger partial charge is 0.331 e. The van der Waals surface area contributed by atoms with Crippen molar-refractivity contribution in [1.82, 2.24) is 14.7 Å². The monoisotopic (exact) mass is 209 g/mol. The van der Waals surface area contributed by atoms with Crippen molar-refractivity contribution in [3.63, 3.8) is 0 Å². The molecule has 5 heteroatoms. The van der Waals surface area contributed by atoms with E-state index >= 15 is 0 Å². The van der Waals surface area contributed by atoms with Crippen molar-refractivity contribution in [1.29, 1.82) is 0 Å². The van der Waals surface area contributed by atoms with Crippen LogP contribution in [0.3, 0.4) is 0 Å². The van der Waals surface area contributed by atoms with Crippen LogP contribution in [0.4, 0.5) is 0 Å². The third-order valence-electron chi connectivity index (χ3n) is 1.86. The zero-order chi connectivity index (χ0) is 11.3.